The molecule has 0 atom stereocenters. The largest absolute Gasteiger partial charge is 0.491 e. The molecule has 1 aliphatic carbocycles. The summed E-state index contributed by atoms with van der Waals surface area (Å²) in [5.41, 5.74) is 16.4. The van der Waals surface area contributed by atoms with Gasteiger partial charge in [0.2, 0.25) is 17.8 Å². The van der Waals surface area contributed by atoms with Gasteiger partial charge in [0.1, 0.15) is 27.7 Å². The van der Waals surface area contributed by atoms with Crippen LogP contribution in [0.5, 0.6) is 5.75 Å². The molecule has 8 rings (SSSR count). The Morgan fingerprint density at radius 3 is 2.25 bits per heavy atom. The number of carbonyl (C=O) groups is 4. The summed E-state index contributed by atoms with van der Waals surface area (Å²) in [6.45, 7) is 14.2. The van der Waals surface area contributed by atoms with Gasteiger partial charge in [-0.25, -0.2) is 15.0 Å². The molecule has 1 saturated heterocycles. The maximum Gasteiger partial charge on any atom is 0.269 e. The second-order valence-electron chi connectivity index (χ2n) is 16.5. The van der Waals surface area contributed by atoms with E-state index in [2.05, 4.69) is 25.2 Å². The number of benzene rings is 2. The molecule has 2 fully saturated rings. The van der Waals surface area contributed by atoms with Crippen LogP contribution in [0.15, 0.2) is 47.4 Å². The Kier molecular flexibility index (Phi) is 13.8. The molecule has 19 heteroatoms. The number of rotatable bonds is 20. The number of anilines is 1. The van der Waals surface area contributed by atoms with Gasteiger partial charge in [0, 0.05) is 74.4 Å². The predicted octanol–water partition coefficient (Wildman–Crippen LogP) is 5.64. The van der Waals surface area contributed by atoms with Crippen molar-refractivity contribution in [3.05, 3.63) is 86.4 Å². The summed E-state index contributed by atoms with van der Waals surface area (Å²) in [5, 5.41) is 8.29. The lowest BCUT2D eigenvalue weighted by molar-refractivity contribution is 0.0975. The molecule has 0 bridgehead atoms. The van der Waals surface area contributed by atoms with Crippen LogP contribution in [-0.2, 0) is 32.5 Å². The third kappa shape index (κ3) is 10.0. The normalized spacial score (nSPS) is 14.8. The number of carbonyl (C=O) groups excluding carboxylic acids is 4. The van der Waals surface area contributed by atoms with Crippen molar-refractivity contribution in [3.63, 3.8) is 0 Å². The summed E-state index contributed by atoms with van der Waals surface area (Å²) in [4.78, 5) is 73.4. The highest BCUT2D eigenvalue weighted by atomic mass is 32.2. The molecule has 4 aromatic heterocycles. The van der Waals surface area contributed by atoms with Crippen molar-refractivity contribution in [2.75, 3.05) is 50.9 Å². The average Bonchev–Trinajstić information content (AvgIpc) is 3.63. The Morgan fingerprint density at radius 1 is 0.892 bits per heavy atom. The third-order valence-electron chi connectivity index (χ3n) is 11.9. The number of hydrogen-bond donors (Lipinski definition) is 3. The van der Waals surface area contributed by atoms with Crippen molar-refractivity contribution in [1.82, 2.24) is 43.7 Å². The van der Waals surface area contributed by atoms with E-state index in [1.165, 1.54) is 35.9 Å². The number of amides is 3. The highest BCUT2D eigenvalue weighted by Gasteiger charge is 2.31. The minimum Gasteiger partial charge on any atom is -0.491 e. The molecule has 2 aromatic carbocycles. The van der Waals surface area contributed by atoms with E-state index in [-0.39, 0.29) is 36.2 Å². The highest BCUT2D eigenvalue weighted by Crippen LogP contribution is 2.33. The van der Waals surface area contributed by atoms with Gasteiger partial charge in [-0.15, -0.1) is 23.1 Å². The fraction of sp³-hybridized carbons (Fsp3) is 0.435. The predicted molar refractivity (Wildman–Crippen MR) is 253 cm³/mol. The Hall–Kier alpha value is -5.89. The molecular formula is C46H56N12O5S2. The number of thioether (sulfide) groups is 1. The van der Waals surface area contributed by atoms with Crippen LogP contribution in [0.2, 0.25) is 0 Å². The fourth-order valence-corrected chi connectivity index (χ4v) is 10.1. The van der Waals surface area contributed by atoms with Gasteiger partial charge in [-0.05, 0) is 83.0 Å². The van der Waals surface area contributed by atoms with Gasteiger partial charge in [0.15, 0.2) is 5.78 Å². The summed E-state index contributed by atoms with van der Waals surface area (Å²) in [6, 6.07) is 9.22. The van der Waals surface area contributed by atoms with Gasteiger partial charge in [-0.2, -0.15) is 5.10 Å². The Morgan fingerprint density at radius 2 is 1.58 bits per heavy atom. The molecule has 2 aliphatic rings. The van der Waals surface area contributed by atoms with E-state index in [9.17, 15) is 19.2 Å². The van der Waals surface area contributed by atoms with Crippen molar-refractivity contribution in [3.8, 4) is 5.75 Å². The molecule has 1 saturated carbocycles. The lowest BCUT2D eigenvalue weighted by Gasteiger charge is -2.34. The molecule has 3 amide bonds. The molecule has 0 radical (unpaired) electrons. The average molecular weight is 921 g/mol. The maximum absolute atomic E-state index is 13.9. The van der Waals surface area contributed by atoms with Crippen LogP contribution in [-0.4, -0.2) is 119 Å². The summed E-state index contributed by atoms with van der Waals surface area (Å²) >= 11 is 2.78. The number of ketones is 1. The number of aryl methyl sites for hydroxylation is 4. The number of aromatic nitrogens is 7. The van der Waals surface area contributed by atoms with Crippen LogP contribution in [0.3, 0.4) is 0 Å². The van der Waals surface area contributed by atoms with E-state index < -0.39 is 11.8 Å². The van der Waals surface area contributed by atoms with Crippen LogP contribution < -0.4 is 21.5 Å². The molecule has 65 heavy (non-hydrogen) atoms. The van der Waals surface area contributed by atoms with Crippen LogP contribution in [0.1, 0.15) is 96.2 Å². The van der Waals surface area contributed by atoms with Crippen molar-refractivity contribution in [2.24, 2.45) is 11.5 Å². The number of primary amides is 2. The number of Topliss-reactive ketones (excluding diaryl/α,β-unsaturated/α-hetero) is 1. The lowest BCUT2D eigenvalue weighted by Crippen LogP contribution is -2.47. The first-order chi connectivity index (χ1) is 31.3. The monoisotopic (exact) mass is 920 g/mol. The van der Waals surface area contributed by atoms with Crippen LogP contribution in [0.25, 0.3) is 22.1 Å². The van der Waals surface area contributed by atoms with Crippen molar-refractivity contribution in [1.29, 1.82) is 0 Å². The van der Waals surface area contributed by atoms with Crippen molar-refractivity contribution >= 4 is 74.6 Å². The fourth-order valence-electron chi connectivity index (χ4n) is 8.58. The van der Waals surface area contributed by atoms with Crippen LogP contribution in [0, 0.1) is 13.8 Å². The van der Waals surface area contributed by atoms with Crippen LogP contribution in [0.4, 0.5) is 5.95 Å². The van der Waals surface area contributed by atoms with E-state index in [0.717, 1.165) is 66.3 Å². The number of nitrogens with zero attached hydrogens (tertiary/aromatic N) is 9. The van der Waals surface area contributed by atoms with Gasteiger partial charge in [-0.3, -0.25) is 34.1 Å². The van der Waals surface area contributed by atoms with Crippen LogP contribution >= 0.6 is 23.1 Å². The van der Waals surface area contributed by atoms with Gasteiger partial charge >= 0.3 is 0 Å². The zero-order valence-corrected chi connectivity index (χ0v) is 39.2. The van der Waals surface area contributed by atoms with Crippen molar-refractivity contribution in [2.45, 2.75) is 90.4 Å². The maximum atomic E-state index is 13.9. The minimum atomic E-state index is -0.623. The number of imidazole rings is 2. The zero-order valence-electron chi connectivity index (χ0n) is 37.6. The standard InChI is InChI=1S/C46H56N12O5S2/c1-6-32-42(65-28(4)49-32)45(62)52-46-51-33-22-29(43(47)60)24-37(63-20-10-13-54-16-18-55(19-17-54)31-11-12-31)40(33)57(46)15-9-8-14-56-39(26-36(59)35-21-27(3)53-58(35)7-2)50-34-23-30(44(48)61)25-38(64-5)41(34)56/h8-9,21-25,31H,6-7,10-20,26H2,1-5H3,(H2,47,60)(H2,48,61)(H,51,52,62)/b9-8+. The number of hydrogen-bond acceptors (Lipinski definition) is 13. The third-order valence-corrected chi connectivity index (χ3v) is 13.7. The first kappa shape index (κ1) is 45.7. The highest BCUT2D eigenvalue weighted by molar-refractivity contribution is 7.98. The smallest absolute Gasteiger partial charge is 0.269 e. The number of allylic oxidation sites excluding steroid dienone is 2. The number of nitrogens with two attached hydrogens (primary N) is 2. The van der Waals surface area contributed by atoms with E-state index in [0.29, 0.717) is 76.1 Å². The van der Waals surface area contributed by atoms with Crippen molar-refractivity contribution < 1.29 is 23.9 Å². The number of piperazine rings is 1. The zero-order chi connectivity index (χ0) is 45.9. The molecule has 0 spiro atoms. The van der Waals surface area contributed by atoms with Gasteiger partial charge in [0.05, 0.1) is 46.0 Å². The number of fused-ring (bicyclic) bond motifs is 2. The molecule has 5 heterocycles. The minimum absolute atomic E-state index is 0.00786. The second kappa shape index (κ2) is 19.7. The Bertz CT molecular complexity index is 2810. The number of thiazole rings is 1. The van der Waals surface area contributed by atoms with Gasteiger partial charge < -0.3 is 30.2 Å². The number of nitrogens with one attached hydrogen (secondary N) is 1. The topological polar surface area (TPSA) is 214 Å². The molecule has 342 valence electrons. The summed E-state index contributed by atoms with van der Waals surface area (Å²) in [6.07, 6.45) is 9.80. The second-order valence-corrected chi connectivity index (χ2v) is 18.5. The lowest BCUT2D eigenvalue weighted by atomic mass is 10.1. The SMILES string of the molecule is CCc1nc(C)sc1C(=O)Nc1nc2cc(C(N)=O)cc(OCCCN3CCN(C4CC4)CC3)c2n1C/C=C/Cn1c(CC(=O)c2cc(C)nn2CC)nc2cc(C(N)=O)cc(SC)c21. The molecule has 0 unspecified atom stereocenters. The van der Waals surface area contributed by atoms with E-state index in [4.69, 9.17) is 26.2 Å². The first-order valence-electron chi connectivity index (χ1n) is 22.2. The molecule has 1 aliphatic heterocycles. The first-order valence-corrected chi connectivity index (χ1v) is 24.2. The quantitative estimate of drug-likeness (QED) is 0.0367. The van der Waals surface area contributed by atoms with E-state index in [1.54, 1.807) is 35.0 Å². The molecular weight excluding hydrogens is 865 g/mol. The Labute approximate surface area is 385 Å². The summed E-state index contributed by atoms with van der Waals surface area (Å²) in [7, 11) is 0. The summed E-state index contributed by atoms with van der Waals surface area (Å²) < 4.78 is 12.0. The molecule has 5 N–H and O–H groups in total. The number of ether oxygens (including phenoxy) is 1. The summed E-state index contributed by atoms with van der Waals surface area (Å²) in [5.74, 6) is -0.476. The van der Waals surface area contributed by atoms with Gasteiger partial charge in [-0.1, -0.05) is 19.1 Å². The van der Waals surface area contributed by atoms with E-state index >= 15 is 0 Å². The van der Waals surface area contributed by atoms with E-state index in [1.807, 2.05) is 55.2 Å². The molecule has 6 aromatic rings. The Balaban J connectivity index is 1.12. The molecule has 17 nitrogen and oxygen atoms in total. The van der Waals surface area contributed by atoms with Gasteiger partial charge in [0.25, 0.3) is 5.91 Å².